The van der Waals surface area contributed by atoms with Gasteiger partial charge in [0.05, 0.1) is 19.7 Å². The third-order valence-electron chi connectivity index (χ3n) is 2.58. The van der Waals surface area contributed by atoms with Gasteiger partial charge in [0.1, 0.15) is 11.5 Å². The highest BCUT2D eigenvalue weighted by atomic mass is 16.3. The summed E-state index contributed by atoms with van der Waals surface area (Å²) in [5, 5.41) is 12.3. The van der Waals surface area contributed by atoms with Crippen LogP contribution in [-0.4, -0.2) is 35.7 Å². The Morgan fingerprint density at radius 3 is 2.78 bits per heavy atom. The van der Waals surface area contributed by atoms with Gasteiger partial charge in [-0.15, -0.1) is 6.58 Å². The minimum absolute atomic E-state index is 0.149. The zero-order valence-electron chi connectivity index (χ0n) is 11.4. The highest BCUT2D eigenvalue weighted by molar-refractivity contribution is 5.07. The van der Waals surface area contributed by atoms with Gasteiger partial charge in [0.15, 0.2) is 0 Å². The molecule has 0 saturated carbocycles. The lowest BCUT2D eigenvalue weighted by molar-refractivity contribution is 0.193. The van der Waals surface area contributed by atoms with Gasteiger partial charge in [-0.1, -0.05) is 19.9 Å². The molecule has 102 valence electrons. The van der Waals surface area contributed by atoms with E-state index in [1.807, 2.05) is 18.2 Å². The molecule has 0 aliphatic heterocycles. The molecule has 0 radical (unpaired) electrons. The smallest absolute Gasteiger partial charge is 0.118 e. The van der Waals surface area contributed by atoms with Crippen LogP contribution in [0.4, 0.5) is 0 Å². The highest BCUT2D eigenvalue weighted by Gasteiger charge is 2.08. The van der Waals surface area contributed by atoms with Crippen LogP contribution in [0.15, 0.2) is 29.2 Å². The number of nitrogens with zero attached hydrogens (tertiary/aromatic N) is 1. The van der Waals surface area contributed by atoms with E-state index in [1.54, 1.807) is 0 Å². The van der Waals surface area contributed by atoms with Crippen LogP contribution < -0.4 is 5.32 Å². The third kappa shape index (κ3) is 5.49. The Labute approximate surface area is 109 Å². The van der Waals surface area contributed by atoms with Crippen LogP contribution in [0, 0.1) is 0 Å². The van der Waals surface area contributed by atoms with E-state index in [0.717, 1.165) is 24.6 Å². The number of aliphatic hydroxyl groups excluding tert-OH is 1. The Morgan fingerprint density at radius 2 is 2.17 bits per heavy atom. The average Bonchev–Trinajstić information content (AvgIpc) is 2.75. The van der Waals surface area contributed by atoms with Gasteiger partial charge < -0.3 is 14.8 Å². The fourth-order valence-corrected chi connectivity index (χ4v) is 1.69. The molecule has 4 nitrogen and oxygen atoms in total. The SMILES string of the molecule is C=CCN(CCO)Cc1ccc(CNC(C)C)o1. The van der Waals surface area contributed by atoms with Gasteiger partial charge in [0.25, 0.3) is 0 Å². The van der Waals surface area contributed by atoms with E-state index in [1.165, 1.54) is 0 Å². The second kappa shape index (κ2) is 8.08. The predicted octanol–water partition coefficient (Wildman–Crippen LogP) is 1.76. The summed E-state index contributed by atoms with van der Waals surface area (Å²) < 4.78 is 5.74. The Morgan fingerprint density at radius 1 is 1.44 bits per heavy atom. The standard InChI is InChI=1S/C14H24N2O2/c1-4-7-16(8-9-17)11-14-6-5-13(18-14)10-15-12(2)3/h4-6,12,15,17H,1,7-11H2,2-3H3. The molecule has 2 N–H and O–H groups in total. The molecule has 18 heavy (non-hydrogen) atoms. The molecule has 0 aromatic carbocycles. The molecule has 0 bridgehead atoms. The molecular formula is C14H24N2O2. The molecular weight excluding hydrogens is 228 g/mol. The van der Waals surface area contributed by atoms with Crippen molar-refractivity contribution in [3.8, 4) is 0 Å². The lowest BCUT2D eigenvalue weighted by Crippen LogP contribution is -2.26. The van der Waals surface area contributed by atoms with Crippen molar-refractivity contribution in [2.75, 3.05) is 19.7 Å². The first-order valence-electron chi connectivity index (χ1n) is 6.40. The van der Waals surface area contributed by atoms with Crippen molar-refractivity contribution in [3.63, 3.8) is 0 Å². The van der Waals surface area contributed by atoms with Crippen molar-refractivity contribution in [3.05, 3.63) is 36.3 Å². The Kier molecular flexibility index (Phi) is 6.72. The molecule has 0 spiro atoms. The van der Waals surface area contributed by atoms with Crippen LogP contribution in [-0.2, 0) is 13.1 Å². The topological polar surface area (TPSA) is 48.6 Å². The van der Waals surface area contributed by atoms with Crippen molar-refractivity contribution in [1.82, 2.24) is 10.2 Å². The first-order chi connectivity index (χ1) is 8.65. The molecule has 0 aliphatic rings. The van der Waals surface area contributed by atoms with Crippen LogP contribution in [0.2, 0.25) is 0 Å². The van der Waals surface area contributed by atoms with Crippen molar-refractivity contribution in [1.29, 1.82) is 0 Å². The van der Waals surface area contributed by atoms with E-state index < -0.39 is 0 Å². The number of hydrogen-bond donors (Lipinski definition) is 2. The molecule has 0 amide bonds. The van der Waals surface area contributed by atoms with Gasteiger partial charge in [0, 0.05) is 19.1 Å². The maximum atomic E-state index is 8.98. The molecule has 0 saturated heterocycles. The maximum Gasteiger partial charge on any atom is 0.118 e. The normalized spacial score (nSPS) is 11.4. The molecule has 0 atom stereocenters. The molecule has 0 aliphatic carbocycles. The highest BCUT2D eigenvalue weighted by Crippen LogP contribution is 2.10. The maximum absolute atomic E-state index is 8.98. The monoisotopic (exact) mass is 252 g/mol. The number of rotatable bonds is 9. The molecule has 0 unspecified atom stereocenters. The van der Waals surface area contributed by atoms with E-state index in [4.69, 9.17) is 9.52 Å². The second-order valence-corrected chi connectivity index (χ2v) is 4.65. The largest absolute Gasteiger partial charge is 0.463 e. The van der Waals surface area contributed by atoms with E-state index in [9.17, 15) is 0 Å². The summed E-state index contributed by atoms with van der Waals surface area (Å²) in [6.45, 7) is 10.9. The van der Waals surface area contributed by atoms with Gasteiger partial charge in [-0.2, -0.15) is 0 Å². The Balaban J connectivity index is 2.48. The predicted molar refractivity (Wildman–Crippen MR) is 73.2 cm³/mol. The lowest BCUT2D eigenvalue weighted by Gasteiger charge is -2.17. The molecule has 1 heterocycles. The first kappa shape index (κ1) is 15.0. The fraction of sp³-hybridized carbons (Fsp3) is 0.571. The summed E-state index contributed by atoms with van der Waals surface area (Å²) in [7, 11) is 0. The third-order valence-corrected chi connectivity index (χ3v) is 2.58. The molecule has 1 rings (SSSR count). The first-order valence-corrected chi connectivity index (χ1v) is 6.40. The summed E-state index contributed by atoms with van der Waals surface area (Å²) in [6.07, 6.45) is 1.83. The fourth-order valence-electron chi connectivity index (χ4n) is 1.69. The van der Waals surface area contributed by atoms with Gasteiger partial charge in [0.2, 0.25) is 0 Å². The van der Waals surface area contributed by atoms with Crippen molar-refractivity contribution < 1.29 is 9.52 Å². The van der Waals surface area contributed by atoms with Gasteiger partial charge in [-0.3, -0.25) is 4.90 Å². The second-order valence-electron chi connectivity index (χ2n) is 4.65. The number of aliphatic hydroxyl groups is 1. The van der Waals surface area contributed by atoms with Crippen LogP contribution in [0.3, 0.4) is 0 Å². The Hall–Kier alpha value is -1.10. The van der Waals surface area contributed by atoms with Crippen LogP contribution in [0.1, 0.15) is 25.4 Å². The van der Waals surface area contributed by atoms with E-state index in [2.05, 4.69) is 30.6 Å². The van der Waals surface area contributed by atoms with E-state index in [0.29, 0.717) is 19.1 Å². The van der Waals surface area contributed by atoms with E-state index >= 15 is 0 Å². The van der Waals surface area contributed by atoms with Gasteiger partial charge >= 0.3 is 0 Å². The van der Waals surface area contributed by atoms with Crippen molar-refractivity contribution >= 4 is 0 Å². The number of furan rings is 1. The summed E-state index contributed by atoms with van der Waals surface area (Å²) in [5.41, 5.74) is 0. The molecule has 1 aromatic heterocycles. The van der Waals surface area contributed by atoms with Gasteiger partial charge in [-0.05, 0) is 12.1 Å². The number of nitrogens with one attached hydrogen (secondary N) is 1. The average molecular weight is 252 g/mol. The summed E-state index contributed by atoms with van der Waals surface area (Å²) in [5.74, 6) is 1.87. The van der Waals surface area contributed by atoms with Crippen LogP contribution >= 0.6 is 0 Å². The number of hydrogen-bond acceptors (Lipinski definition) is 4. The molecule has 0 fully saturated rings. The van der Waals surface area contributed by atoms with Crippen LogP contribution in [0.5, 0.6) is 0 Å². The van der Waals surface area contributed by atoms with Crippen molar-refractivity contribution in [2.45, 2.75) is 33.0 Å². The lowest BCUT2D eigenvalue weighted by atomic mass is 10.3. The minimum Gasteiger partial charge on any atom is -0.463 e. The summed E-state index contributed by atoms with van der Waals surface area (Å²) >= 11 is 0. The zero-order chi connectivity index (χ0) is 13.4. The van der Waals surface area contributed by atoms with Crippen LogP contribution in [0.25, 0.3) is 0 Å². The summed E-state index contributed by atoms with van der Waals surface area (Å²) in [4.78, 5) is 2.09. The minimum atomic E-state index is 0.149. The molecule has 4 heteroatoms. The summed E-state index contributed by atoms with van der Waals surface area (Å²) in [6, 6.07) is 4.44. The molecule has 1 aromatic rings. The van der Waals surface area contributed by atoms with E-state index in [-0.39, 0.29) is 6.61 Å². The Bertz CT molecular complexity index is 347. The van der Waals surface area contributed by atoms with Crippen molar-refractivity contribution in [2.24, 2.45) is 0 Å². The van der Waals surface area contributed by atoms with Gasteiger partial charge in [-0.25, -0.2) is 0 Å². The quantitative estimate of drug-likeness (QED) is 0.658. The zero-order valence-corrected chi connectivity index (χ0v) is 11.4.